The van der Waals surface area contributed by atoms with Gasteiger partial charge < -0.3 is 10.3 Å². The van der Waals surface area contributed by atoms with E-state index in [9.17, 15) is 9.59 Å². The third-order valence-electron chi connectivity index (χ3n) is 4.81. The number of pyridine rings is 1. The van der Waals surface area contributed by atoms with E-state index in [0.29, 0.717) is 29.1 Å². The zero-order valence-electron chi connectivity index (χ0n) is 15.6. The van der Waals surface area contributed by atoms with Crippen LogP contribution in [0.25, 0.3) is 22.0 Å². The van der Waals surface area contributed by atoms with Gasteiger partial charge in [-0.3, -0.25) is 9.59 Å². The van der Waals surface area contributed by atoms with Crippen LogP contribution in [0.3, 0.4) is 0 Å². The van der Waals surface area contributed by atoms with Gasteiger partial charge in [0.05, 0.1) is 0 Å². The van der Waals surface area contributed by atoms with Gasteiger partial charge in [0, 0.05) is 28.0 Å². The normalized spacial score (nSPS) is 10.8. The number of carbonyl (C=O) groups is 1. The van der Waals surface area contributed by atoms with E-state index < -0.39 is 11.5 Å². The summed E-state index contributed by atoms with van der Waals surface area (Å²) in [5, 5.41) is 4.16. The molecule has 1 aromatic heterocycles. The lowest BCUT2D eigenvalue weighted by atomic mass is 9.95. The molecule has 0 aliphatic carbocycles. The van der Waals surface area contributed by atoms with Crippen molar-refractivity contribution in [2.45, 2.75) is 6.42 Å². The van der Waals surface area contributed by atoms with Crippen LogP contribution in [-0.2, 0) is 6.42 Å². The molecule has 0 saturated heterocycles. The van der Waals surface area contributed by atoms with Crippen LogP contribution in [0, 0.1) is 0 Å². The number of aromatic nitrogens is 1. The minimum Gasteiger partial charge on any atom is -0.352 e. The lowest BCUT2D eigenvalue weighted by Gasteiger charge is -2.13. The molecule has 1 heterocycles. The van der Waals surface area contributed by atoms with E-state index in [2.05, 4.69) is 10.3 Å². The highest BCUT2D eigenvalue weighted by molar-refractivity contribution is 6.31. The van der Waals surface area contributed by atoms with E-state index in [4.69, 9.17) is 11.6 Å². The van der Waals surface area contributed by atoms with Crippen LogP contribution in [0.1, 0.15) is 15.9 Å². The Morgan fingerprint density at radius 2 is 1.62 bits per heavy atom. The smallest absolute Gasteiger partial charge is 0.261 e. The number of halogens is 1. The Kier molecular flexibility index (Phi) is 5.45. The average molecular weight is 403 g/mol. The van der Waals surface area contributed by atoms with Gasteiger partial charge in [-0.1, -0.05) is 72.3 Å². The highest BCUT2D eigenvalue weighted by Gasteiger charge is 2.20. The van der Waals surface area contributed by atoms with Crippen LogP contribution in [0.5, 0.6) is 0 Å². The van der Waals surface area contributed by atoms with E-state index in [-0.39, 0.29) is 5.56 Å². The monoisotopic (exact) mass is 402 g/mol. The molecule has 0 fully saturated rings. The Labute approximate surface area is 173 Å². The first-order valence-electron chi connectivity index (χ1n) is 9.36. The number of hydrogen-bond donors (Lipinski definition) is 2. The molecule has 0 aliphatic rings. The number of amides is 1. The molecule has 29 heavy (non-hydrogen) atoms. The van der Waals surface area contributed by atoms with Crippen LogP contribution < -0.4 is 10.9 Å². The summed E-state index contributed by atoms with van der Waals surface area (Å²) in [4.78, 5) is 28.7. The van der Waals surface area contributed by atoms with Crippen LogP contribution in [0.4, 0.5) is 0 Å². The lowest BCUT2D eigenvalue weighted by molar-refractivity contribution is 0.0953. The maximum atomic E-state index is 13.0. The molecule has 0 bridgehead atoms. The molecule has 5 heteroatoms. The summed E-state index contributed by atoms with van der Waals surface area (Å²) < 4.78 is 0. The first kappa shape index (κ1) is 19.0. The van der Waals surface area contributed by atoms with Gasteiger partial charge in [-0.2, -0.15) is 0 Å². The standard InChI is InChI=1S/C24H19ClN2O2/c25-18-11-12-20-19(15-18)21(17-9-5-2-6-10-17)22(24(29)27-20)23(28)26-14-13-16-7-3-1-4-8-16/h1-12,15H,13-14H2,(H,26,28)(H,27,29). The first-order chi connectivity index (χ1) is 14.1. The van der Waals surface area contributed by atoms with Crippen LogP contribution >= 0.6 is 11.6 Å². The number of H-pyrrole nitrogens is 1. The largest absolute Gasteiger partial charge is 0.352 e. The molecule has 4 aromatic rings. The number of nitrogens with one attached hydrogen (secondary N) is 2. The second-order valence-corrected chi connectivity index (χ2v) is 7.19. The summed E-state index contributed by atoms with van der Waals surface area (Å²) in [5.74, 6) is -0.400. The van der Waals surface area contributed by atoms with Gasteiger partial charge in [0.2, 0.25) is 0 Å². The Bertz CT molecular complexity index is 1220. The fourth-order valence-electron chi connectivity index (χ4n) is 3.44. The summed E-state index contributed by atoms with van der Waals surface area (Å²) in [6.07, 6.45) is 0.685. The summed E-state index contributed by atoms with van der Waals surface area (Å²) in [6.45, 7) is 0.435. The van der Waals surface area contributed by atoms with E-state index in [1.54, 1.807) is 18.2 Å². The van der Waals surface area contributed by atoms with E-state index in [0.717, 1.165) is 16.5 Å². The molecule has 2 N–H and O–H groups in total. The number of fused-ring (bicyclic) bond motifs is 1. The van der Waals surface area contributed by atoms with Crippen molar-refractivity contribution < 1.29 is 4.79 Å². The van der Waals surface area contributed by atoms with Crippen LogP contribution in [0.15, 0.2) is 83.7 Å². The minimum absolute atomic E-state index is 0.0963. The van der Waals surface area contributed by atoms with Gasteiger partial charge in [0.1, 0.15) is 5.56 Å². The zero-order valence-corrected chi connectivity index (χ0v) is 16.4. The minimum atomic E-state index is -0.420. The molecular formula is C24H19ClN2O2. The quantitative estimate of drug-likeness (QED) is 0.502. The molecule has 3 aromatic carbocycles. The maximum absolute atomic E-state index is 13.0. The topological polar surface area (TPSA) is 62.0 Å². The lowest BCUT2D eigenvalue weighted by Crippen LogP contribution is -2.32. The number of aromatic amines is 1. The number of benzene rings is 3. The van der Waals surface area contributed by atoms with Gasteiger partial charge in [-0.15, -0.1) is 0 Å². The Balaban J connectivity index is 1.75. The molecule has 0 unspecified atom stereocenters. The van der Waals surface area contributed by atoms with Crippen molar-refractivity contribution in [3.8, 4) is 11.1 Å². The Hall–Kier alpha value is -3.37. The molecule has 144 valence electrons. The fraction of sp³-hybridized carbons (Fsp3) is 0.0833. The van der Waals surface area contributed by atoms with Crippen molar-refractivity contribution >= 4 is 28.4 Å². The third kappa shape index (κ3) is 4.08. The second kappa shape index (κ2) is 8.33. The van der Waals surface area contributed by atoms with Gasteiger partial charge in [0.15, 0.2) is 0 Å². The van der Waals surface area contributed by atoms with Gasteiger partial charge >= 0.3 is 0 Å². The molecule has 0 atom stereocenters. The van der Waals surface area contributed by atoms with Crippen molar-refractivity contribution in [2.75, 3.05) is 6.54 Å². The van der Waals surface area contributed by atoms with Gasteiger partial charge in [0.25, 0.3) is 11.5 Å². The molecule has 0 aliphatic heterocycles. The Morgan fingerprint density at radius 1 is 0.931 bits per heavy atom. The number of hydrogen-bond acceptors (Lipinski definition) is 2. The van der Waals surface area contributed by atoms with Gasteiger partial charge in [-0.05, 0) is 35.7 Å². The molecule has 0 spiro atoms. The SMILES string of the molecule is O=C(NCCc1ccccc1)c1c(-c2ccccc2)c2cc(Cl)ccc2[nH]c1=O. The van der Waals surface area contributed by atoms with Crippen molar-refractivity contribution in [3.05, 3.63) is 105 Å². The molecule has 1 amide bonds. The zero-order chi connectivity index (χ0) is 20.2. The average Bonchev–Trinajstić information content (AvgIpc) is 2.74. The van der Waals surface area contributed by atoms with Crippen LogP contribution in [0.2, 0.25) is 5.02 Å². The van der Waals surface area contributed by atoms with Gasteiger partial charge in [-0.25, -0.2) is 0 Å². The third-order valence-corrected chi connectivity index (χ3v) is 5.04. The highest BCUT2D eigenvalue weighted by Crippen LogP contribution is 2.31. The number of carbonyl (C=O) groups excluding carboxylic acids is 1. The fourth-order valence-corrected chi connectivity index (χ4v) is 3.61. The maximum Gasteiger partial charge on any atom is 0.261 e. The Morgan fingerprint density at radius 3 is 2.34 bits per heavy atom. The van der Waals surface area contributed by atoms with Crippen molar-refractivity contribution in [3.63, 3.8) is 0 Å². The second-order valence-electron chi connectivity index (χ2n) is 6.75. The number of rotatable bonds is 5. The van der Waals surface area contributed by atoms with E-state index in [1.807, 2.05) is 60.7 Å². The highest BCUT2D eigenvalue weighted by atomic mass is 35.5. The van der Waals surface area contributed by atoms with E-state index in [1.165, 1.54) is 0 Å². The molecule has 4 rings (SSSR count). The predicted octanol–water partition coefficient (Wildman–Crippen LogP) is 4.82. The van der Waals surface area contributed by atoms with Crippen molar-refractivity contribution in [1.29, 1.82) is 0 Å². The molecule has 0 saturated carbocycles. The molecular weight excluding hydrogens is 384 g/mol. The van der Waals surface area contributed by atoms with E-state index >= 15 is 0 Å². The summed E-state index contributed by atoms with van der Waals surface area (Å²) in [7, 11) is 0. The molecule has 0 radical (unpaired) electrons. The summed E-state index contributed by atoms with van der Waals surface area (Å²) in [5.41, 5.74) is 2.81. The molecule has 4 nitrogen and oxygen atoms in total. The summed E-state index contributed by atoms with van der Waals surface area (Å²) >= 11 is 6.21. The van der Waals surface area contributed by atoms with Crippen molar-refractivity contribution in [2.24, 2.45) is 0 Å². The summed E-state index contributed by atoms with van der Waals surface area (Å²) in [6, 6.07) is 24.6. The van der Waals surface area contributed by atoms with Crippen LogP contribution in [-0.4, -0.2) is 17.4 Å². The van der Waals surface area contributed by atoms with Crippen molar-refractivity contribution in [1.82, 2.24) is 10.3 Å². The first-order valence-corrected chi connectivity index (χ1v) is 9.74. The predicted molar refractivity (Wildman–Crippen MR) is 117 cm³/mol.